The zero-order valence-corrected chi connectivity index (χ0v) is 9.52. The number of hydrogen-bond donors (Lipinski definition) is 2. The minimum Gasteiger partial charge on any atom is -0.271 e. The Balaban J connectivity index is 3.14. The van der Waals surface area contributed by atoms with Crippen LogP contribution in [0.15, 0.2) is 12.1 Å². The van der Waals surface area contributed by atoms with Crippen molar-refractivity contribution in [2.75, 3.05) is 0 Å². The summed E-state index contributed by atoms with van der Waals surface area (Å²) in [6.07, 6.45) is 1.01. The molecule has 0 aliphatic heterocycles. The van der Waals surface area contributed by atoms with Crippen LogP contribution in [-0.2, 0) is 0 Å². The van der Waals surface area contributed by atoms with Gasteiger partial charge in [-0.2, -0.15) is 0 Å². The number of nitrogens with one attached hydrogen (secondary N) is 1. The predicted molar refractivity (Wildman–Crippen MR) is 61.0 cm³/mol. The van der Waals surface area contributed by atoms with Crippen molar-refractivity contribution in [2.45, 2.75) is 40.2 Å². The van der Waals surface area contributed by atoms with E-state index in [1.165, 1.54) is 22.3 Å². The summed E-state index contributed by atoms with van der Waals surface area (Å²) in [5, 5.41) is 0. The van der Waals surface area contributed by atoms with Crippen LogP contribution in [0, 0.1) is 20.8 Å². The number of hydrogen-bond acceptors (Lipinski definition) is 2. The fraction of sp³-hybridized carbons (Fsp3) is 0.500. The lowest BCUT2D eigenvalue weighted by atomic mass is 9.95. The van der Waals surface area contributed by atoms with Gasteiger partial charge in [-0.1, -0.05) is 19.1 Å². The van der Waals surface area contributed by atoms with Gasteiger partial charge in [0.25, 0.3) is 0 Å². The van der Waals surface area contributed by atoms with Crippen molar-refractivity contribution in [3.63, 3.8) is 0 Å². The first-order chi connectivity index (χ1) is 6.60. The third-order valence-corrected chi connectivity index (χ3v) is 2.87. The van der Waals surface area contributed by atoms with Crippen molar-refractivity contribution in [3.05, 3.63) is 34.4 Å². The Morgan fingerprint density at radius 3 is 2.21 bits per heavy atom. The van der Waals surface area contributed by atoms with E-state index in [4.69, 9.17) is 5.84 Å². The van der Waals surface area contributed by atoms with Gasteiger partial charge in [0, 0.05) is 6.04 Å². The molecule has 3 N–H and O–H groups in total. The SMILES string of the molecule is CCC(NN)c1cc(C)c(C)cc1C. The van der Waals surface area contributed by atoms with E-state index in [0.717, 1.165) is 6.42 Å². The van der Waals surface area contributed by atoms with Gasteiger partial charge in [-0.15, -0.1) is 0 Å². The van der Waals surface area contributed by atoms with E-state index < -0.39 is 0 Å². The number of rotatable bonds is 3. The molecule has 1 rings (SSSR count). The smallest absolute Gasteiger partial charge is 0.0460 e. The standard InChI is InChI=1S/C12H20N2/c1-5-12(14-13)11-7-9(3)8(2)6-10(11)4/h6-7,12,14H,5,13H2,1-4H3. The summed E-state index contributed by atoms with van der Waals surface area (Å²) in [5.41, 5.74) is 8.17. The molecule has 0 bridgehead atoms. The molecule has 0 aromatic heterocycles. The van der Waals surface area contributed by atoms with Gasteiger partial charge in [-0.3, -0.25) is 11.3 Å². The first-order valence-electron chi connectivity index (χ1n) is 5.14. The van der Waals surface area contributed by atoms with E-state index in [1.807, 2.05) is 0 Å². The van der Waals surface area contributed by atoms with E-state index in [9.17, 15) is 0 Å². The molecule has 0 radical (unpaired) electrons. The molecular weight excluding hydrogens is 172 g/mol. The molecule has 0 heterocycles. The van der Waals surface area contributed by atoms with Crippen LogP contribution in [-0.4, -0.2) is 0 Å². The lowest BCUT2D eigenvalue weighted by molar-refractivity contribution is 0.536. The fourth-order valence-corrected chi connectivity index (χ4v) is 1.79. The number of aryl methyl sites for hydroxylation is 3. The summed E-state index contributed by atoms with van der Waals surface area (Å²) in [6.45, 7) is 8.56. The van der Waals surface area contributed by atoms with Crippen LogP contribution in [0.3, 0.4) is 0 Å². The van der Waals surface area contributed by atoms with Gasteiger partial charge in [-0.25, -0.2) is 0 Å². The third kappa shape index (κ3) is 2.14. The number of benzene rings is 1. The molecule has 78 valence electrons. The summed E-state index contributed by atoms with van der Waals surface area (Å²) >= 11 is 0. The van der Waals surface area contributed by atoms with E-state index >= 15 is 0 Å². The van der Waals surface area contributed by atoms with Gasteiger partial charge in [0.2, 0.25) is 0 Å². The summed E-state index contributed by atoms with van der Waals surface area (Å²) < 4.78 is 0. The Labute approximate surface area is 86.5 Å². The van der Waals surface area contributed by atoms with Crippen molar-refractivity contribution >= 4 is 0 Å². The Morgan fingerprint density at radius 1 is 1.14 bits per heavy atom. The minimum atomic E-state index is 0.272. The average Bonchev–Trinajstić information content (AvgIpc) is 2.15. The molecule has 14 heavy (non-hydrogen) atoms. The minimum absolute atomic E-state index is 0.272. The second-order valence-corrected chi connectivity index (χ2v) is 3.92. The molecule has 0 saturated carbocycles. The summed E-state index contributed by atoms with van der Waals surface area (Å²) in [4.78, 5) is 0. The summed E-state index contributed by atoms with van der Waals surface area (Å²) in [6, 6.07) is 4.73. The van der Waals surface area contributed by atoms with Crippen molar-refractivity contribution in [1.29, 1.82) is 0 Å². The molecule has 0 saturated heterocycles. The second-order valence-electron chi connectivity index (χ2n) is 3.92. The molecule has 1 unspecified atom stereocenters. The highest BCUT2D eigenvalue weighted by molar-refractivity contribution is 5.38. The molecule has 0 aliphatic carbocycles. The van der Waals surface area contributed by atoms with Gasteiger partial charge in [-0.05, 0) is 49.4 Å². The quantitative estimate of drug-likeness (QED) is 0.570. The van der Waals surface area contributed by atoms with Crippen molar-refractivity contribution in [3.8, 4) is 0 Å². The van der Waals surface area contributed by atoms with Gasteiger partial charge in [0.15, 0.2) is 0 Å². The van der Waals surface area contributed by atoms with Gasteiger partial charge < -0.3 is 0 Å². The zero-order chi connectivity index (χ0) is 10.7. The monoisotopic (exact) mass is 192 g/mol. The van der Waals surface area contributed by atoms with Crippen LogP contribution >= 0.6 is 0 Å². The van der Waals surface area contributed by atoms with Crippen molar-refractivity contribution < 1.29 is 0 Å². The van der Waals surface area contributed by atoms with Crippen LogP contribution < -0.4 is 11.3 Å². The van der Waals surface area contributed by atoms with Crippen LogP contribution in [0.2, 0.25) is 0 Å². The maximum absolute atomic E-state index is 5.52. The van der Waals surface area contributed by atoms with Crippen molar-refractivity contribution in [2.24, 2.45) is 5.84 Å². The number of nitrogens with two attached hydrogens (primary N) is 1. The van der Waals surface area contributed by atoms with Gasteiger partial charge >= 0.3 is 0 Å². The zero-order valence-electron chi connectivity index (χ0n) is 9.52. The molecule has 0 spiro atoms. The molecule has 1 aromatic rings. The summed E-state index contributed by atoms with van der Waals surface area (Å²) in [5.74, 6) is 5.52. The molecule has 2 nitrogen and oxygen atoms in total. The Hall–Kier alpha value is -0.860. The molecular formula is C12H20N2. The van der Waals surface area contributed by atoms with E-state index in [1.54, 1.807) is 0 Å². The Kier molecular flexibility index (Phi) is 3.67. The Bertz CT molecular complexity index is 314. The summed E-state index contributed by atoms with van der Waals surface area (Å²) in [7, 11) is 0. The lowest BCUT2D eigenvalue weighted by Crippen LogP contribution is -2.28. The van der Waals surface area contributed by atoms with Gasteiger partial charge in [0.1, 0.15) is 0 Å². The highest BCUT2D eigenvalue weighted by atomic mass is 15.2. The first-order valence-corrected chi connectivity index (χ1v) is 5.14. The highest BCUT2D eigenvalue weighted by Crippen LogP contribution is 2.23. The molecule has 2 heteroatoms. The molecule has 1 aromatic carbocycles. The van der Waals surface area contributed by atoms with Crippen LogP contribution in [0.25, 0.3) is 0 Å². The van der Waals surface area contributed by atoms with E-state index in [-0.39, 0.29) is 6.04 Å². The van der Waals surface area contributed by atoms with Crippen molar-refractivity contribution in [1.82, 2.24) is 5.43 Å². The maximum atomic E-state index is 5.52. The number of hydrazine groups is 1. The molecule has 0 fully saturated rings. The normalized spacial score (nSPS) is 12.9. The lowest BCUT2D eigenvalue weighted by Gasteiger charge is -2.18. The predicted octanol–water partition coefficient (Wildman–Crippen LogP) is 2.53. The topological polar surface area (TPSA) is 38.0 Å². The fourth-order valence-electron chi connectivity index (χ4n) is 1.79. The van der Waals surface area contributed by atoms with Crippen LogP contribution in [0.1, 0.15) is 41.6 Å². The molecule has 1 atom stereocenters. The molecule has 0 aliphatic rings. The third-order valence-electron chi connectivity index (χ3n) is 2.87. The maximum Gasteiger partial charge on any atom is 0.0460 e. The van der Waals surface area contributed by atoms with Crippen LogP contribution in [0.4, 0.5) is 0 Å². The molecule has 0 amide bonds. The van der Waals surface area contributed by atoms with Gasteiger partial charge in [0.05, 0.1) is 0 Å². The largest absolute Gasteiger partial charge is 0.271 e. The first kappa shape index (κ1) is 11.2. The van der Waals surface area contributed by atoms with Crippen LogP contribution in [0.5, 0.6) is 0 Å². The van der Waals surface area contributed by atoms with E-state index in [0.29, 0.717) is 0 Å². The Morgan fingerprint density at radius 2 is 1.71 bits per heavy atom. The average molecular weight is 192 g/mol. The van der Waals surface area contributed by atoms with E-state index in [2.05, 4.69) is 45.3 Å². The highest BCUT2D eigenvalue weighted by Gasteiger charge is 2.10. The second kappa shape index (κ2) is 4.58.